The molecule has 1 aliphatic heterocycles. The Balaban J connectivity index is 1.96. The molecule has 0 radical (unpaired) electrons. The Hall–Kier alpha value is -4.34. The first kappa shape index (κ1) is 25.3. The lowest BCUT2D eigenvalue weighted by Crippen LogP contribution is -2.29. The molecular formula is C25H26N2O8. The largest absolute Gasteiger partial charge is 0.493 e. The van der Waals surface area contributed by atoms with Gasteiger partial charge in [0.15, 0.2) is 11.5 Å². The predicted molar refractivity (Wildman–Crippen MR) is 126 cm³/mol. The van der Waals surface area contributed by atoms with E-state index in [1.165, 1.54) is 38.5 Å². The van der Waals surface area contributed by atoms with Crippen LogP contribution in [0, 0.1) is 10.1 Å². The number of nitro benzene ring substituents is 1. The van der Waals surface area contributed by atoms with Crippen LogP contribution < -0.4 is 9.47 Å². The topological polar surface area (TPSA) is 117 Å². The van der Waals surface area contributed by atoms with Crippen LogP contribution >= 0.6 is 0 Å². The van der Waals surface area contributed by atoms with Crippen LogP contribution in [0.4, 0.5) is 5.69 Å². The summed E-state index contributed by atoms with van der Waals surface area (Å²) >= 11 is 0. The van der Waals surface area contributed by atoms with Crippen LogP contribution in [0.25, 0.3) is 0 Å². The highest BCUT2D eigenvalue weighted by Gasteiger charge is 2.35. The van der Waals surface area contributed by atoms with E-state index in [4.69, 9.17) is 18.9 Å². The fourth-order valence-electron chi connectivity index (χ4n) is 3.86. The second kappa shape index (κ2) is 11.2. The van der Waals surface area contributed by atoms with E-state index in [9.17, 15) is 19.7 Å². The average molecular weight is 482 g/mol. The molecule has 0 bridgehead atoms. The third-order valence-corrected chi connectivity index (χ3v) is 5.62. The summed E-state index contributed by atoms with van der Waals surface area (Å²) in [6.45, 7) is 0.434. The van der Waals surface area contributed by atoms with Gasteiger partial charge in [-0.2, -0.15) is 0 Å². The van der Waals surface area contributed by atoms with E-state index in [0.717, 1.165) is 5.56 Å². The molecule has 0 spiro atoms. The number of methoxy groups -OCH3 is 4. The van der Waals surface area contributed by atoms with Crippen LogP contribution in [0.5, 0.6) is 11.5 Å². The zero-order chi connectivity index (χ0) is 25.5. The molecule has 2 aromatic rings. The minimum Gasteiger partial charge on any atom is -0.493 e. The molecule has 1 aliphatic rings. The van der Waals surface area contributed by atoms with Gasteiger partial charge < -0.3 is 23.8 Å². The summed E-state index contributed by atoms with van der Waals surface area (Å²) in [6, 6.07) is 11.2. The third-order valence-electron chi connectivity index (χ3n) is 5.62. The Labute approximate surface area is 202 Å². The fraction of sp³-hybridized carbons (Fsp3) is 0.280. The van der Waals surface area contributed by atoms with Crippen molar-refractivity contribution in [2.75, 3.05) is 35.0 Å². The molecule has 0 unspecified atom stereocenters. The monoisotopic (exact) mass is 482 g/mol. The molecule has 184 valence electrons. The lowest BCUT2D eigenvalue weighted by Gasteiger charge is -2.30. The first-order chi connectivity index (χ1) is 16.8. The number of hydrogen-bond acceptors (Lipinski definition) is 9. The van der Waals surface area contributed by atoms with E-state index < -0.39 is 22.8 Å². The van der Waals surface area contributed by atoms with Crippen molar-refractivity contribution in [3.8, 4) is 11.5 Å². The molecule has 0 aliphatic carbocycles. The minimum absolute atomic E-state index is 0.103. The van der Waals surface area contributed by atoms with Gasteiger partial charge in [-0.1, -0.05) is 18.2 Å². The molecule has 0 fully saturated rings. The number of rotatable bonds is 9. The first-order valence-corrected chi connectivity index (χ1v) is 10.6. The second-order valence-electron chi connectivity index (χ2n) is 7.61. The number of esters is 2. The van der Waals surface area contributed by atoms with E-state index >= 15 is 0 Å². The van der Waals surface area contributed by atoms with Gasteiger partial charge in [0.25, 0.3) is 5.69 Å². The summed E-state index contributed by atoms with van der Waals surface area (Å²) < 4.78 is 20.6. The Morgan fingerprint density at radius 3 is 1.94 bits per heavy atom. The van der Waals surface area contributed by atoms with Crippen molar-refractivity contribution in [3.05, 3.63) is 87.3 Å². The maximum atomic E-state index is 12.7. The Morgan fingerprint density at radius 1 is 0.886 bits per heavy atom. The van der Waals surface area contributed by atoms with E-state index in [1.54, 1.807) is 37.6 Å². The summed E-state index contributed by atoms with van der Waals surface area (Å²) in [5.74, 6) is -0.856. The average Bonchev–Trinajstić information content (AvgIpc) is 2.90. The van der Waals surface area contributed by atoms with Gasteiger partial charge in [-0.15, -0.1) is 0 Å². The summed E-state index contributed by atoms with van der Waals surface area (Å²) in [5, 5.41) is 11.0. The normalized spacial score (nSPS) is 13.4. The molecule has 0 saturated carbocycles. The molecular weight excluding hydrogens is 456 g/mol. The highest BCUT2D eigenvalue weighted by atomic mass is 16.6. The molecule has 0 amide bonds. The number of hydrogen-bond donors (Lipinski definition) is 0. The van der Waals surface area contributed by atoms with E-state index in [-0.39, 0.29) is 16.8 Å². The maximum absolute atomic E-state index is 12.7. The van der Waals surface area contributed by atoms with Crippen molar-refractivity contribution in [1.82, 2.24) is 4.90 Å². The van der Waals surface area contributed by atoms with Crippen molar-refractivity contribution in [1.29, 1.82) is 0 Å². The van der Waals surface area contributed by atoms with Crippen LogP contribution in [0.3, 0.4) is 0 Å². The SMILES string of the molecule is COC(=O)C1=CN(CCc2ccc(OC)c(OC)c2)C=C(C(=O)OC)C1c1ccc([N+](=O)[O-])cc1. The number of carbonyl (C=O) groups excluding carboxylic acids is 2. The lowest BCUT2D eigenvalue weighted by atomic mass is 9.83. The van der Waals surface area contributed by atoms with Crippen LogP contribution in [0.1, 0.15) is 17.0 Å². The second-order valence-corrected chi connectivity index (χ2v) is 7.61. The molecule has 3 rings (SSSR count). The van der Waals surface area contributed by atoms with E-state index in [1.807, 2.05) is 12.1 Å². The standard InChI is InChI=1S/C25H26N2O8/c1-32-21-10-5-16(13-22(21)33-2)11-12-26-14-19(24(28)34-3)23(20(15-26)25(29)35-4)17-6-8-18(9-7-17)27(30)31/h5-10,13-15,23H,11-12H2,1-4H3. The molecule has 0 saturated heterocycles. The summed E-state index contributed by atoms with van der Waals surface area (Å²) in [6.07, 6.45) is 3.80. The third kappa shape index (κ3) is 5.60. The summed E-state index contributed by atoms with van der Waals surface area (Å²) in [4.78, 5) is 37.7. The maximum Gasteiger partial charge on any atom is 0.336 e. The van der Waals surface area contributed by atoms with Gasteiger partial charge in [0.2, 0.25) is 0 Å². The number of benzene rings is 2. The van der Waals surface area contributed by atoms with Crippen molar-refractivity contribution >= 4 is 17.6 Å². The van der Waals surface area contributed by atoms with Crippen molar-refractivity contribution in [3.63, 3.8) is 0 Å². The molecule has 10 heteroatoms. The minimum atomic E-state index is -0.812. The predicted octanol–water partition coefficient (Wildman–Crippen LogP) is 3.37. The zero-order valence-electron chi connectivity index (χ0n) is 19.8. The van der Waals surface area contributed by atoms with E-state index in [0.29, 0.717) is 30.0 Å². The number of nitrogens with zero attached hydrogens (tertiary/aromatic N) is 2. The lowest BCUT2D eigenvalue weighted by molar-refractivity contribution is -0.384. The van der Waals surface area contributed by atoms with Gasteiger partial charge in [0.05, 0.1) is 50.4 Å². The van der Waals surface area contributed by atoms with Gasteiger partial charge in [-0.05, 0) is 29.7 Å². The van der Waals surface area contributed by atoms with Crippen LogP contribution in [0.15, 0.2) is 66.0 Å². The Bertz CT molecular complexity index is 1140. The number of nitro groups is 1. The number of ether oxygens (including phenoxy) is 4. The fourth-order valence-corrected chi connectivity index (χ4v) is 3.86. The summed E-state index contributed by atoms with van der Waals surface area (Å²) in [5.41, 5.74) is 1.78. The first-order valence-electron chi connectivity index (χ1n) is 10.6. The summed E-state index contributed by atoms with van der Waals surface area (Å²) in [7, 11) is 5.62. The van der Waals surface area contributed by atoms with Gasteiger partial charge in [-0.3, -0.25) is 10.1 Å². The molecule has 0 aromatic heterocycles. The van der Waals surface area contributed by atoms with Crippen LogP contribution in [-0.4, -0.2) is 56.7 Å². The van der Waals surface area contributed by atoms with Gasteiger partial charge >= 0.3 is 11.9 Å². The Kier molecular flexibility index (Phi) is 8.08. The van der Waals surface area contributed by atoms with Crippen molar-refractivity contribution in [2.45, 2.75) is 12.3 Å². The van der Waals surface area contributed by atoms with Gasteiger partial charge in [-0.25, -0.2) is 9.59 Å². The quantitative estimate of drug-likeness (QED) is 0.301. The molecule has 1 heterocycles. The number of carbonyl (C=O) groups is 2. The smallest absolute Gasteiger partial charge is 0.336 e. The van der Waals surface area contributed by atoms with Crippen LogP contribution in [0.2, 0.25) is 0 Å². The molecule has 35 heavy (non-hydrogen) atoms. The van der Waals surface area contributed by atoms with Gasteiger partial charge in [0.1, 0.15) is 0 Å². The van der Waals surface area contributed by atoms with Crippen molar-refractivity contribution < 1.29 is 33.5 Å². The van der Waals surface area contributed by atoms with Crippen LogP contribution in [-0.2, 0) is 25.5 Å². The highest BCUT2D eigenvalue weighted by molar-refractivity contribution is 5.98. The molecule has 0 atom stereocenters. The molecule has 2 aromatic carbocycles. The highest BCUT2D eigenvalue weighted by Crippen LogP contribution is 2.38. The number of non-ortho nitro benzene ring substituents is 1. The van der Waals surface area contributed by atoms with Gasteiger partial charge in [0, 0.05) is 31.1 Å². The van der Waals surface area contributed by atoms with Crippen molar-refractivity contribution in [2.24, 2.45) is 0 Å². The molecule has 10 nitrogen and oxygen atoms in total. The molecule has 0 N–H and O–H groups in total. The zero-order valence-corrected chi connectivity index (χ0v) is 19.8. The Morgan fingerprint density at radius 2 is 1.46 bits per heavy atom. The van der Waals surface area contributed by atoms with E-state index in [2.05, 4.69) is 0 Å².